The van der Waals surface area contributed by atoms with E-state index in [0.717, 1.165) is 13.0 Å². The van der Waals surface area contributed by atoms with Crippen molar-refractivity contribution in [3.8, 4) is 0 Å². The Labute approximate surface area is 150 Å². The summed E-state index contributed by atoms with van der Waals surface area (Å²) in [6.45, 7) is 4.56. The maximum absolute atomic E-state index is 11.4. The lowest BCUT2D eigenvalue weighted by Crippen LogP contribution is -2.24. The highest BCUT2D eigenvalue weighted by molar-refractivity contribution is 5.83. The van der Waals surface area contributed by atoms with Crippen LogP contribution in [0.15, 0.2) is 0 Å². The molecule has 0 aliphatic carbocycles. The van der Waals surface area contributed by atoms with Crippen molar-refractivity contribution < 1.29 is 9.59 Å². The molecule has 0 atom stereocenters. The molecule has 1 N–H and O–H groups in total. The Hall–Kier alpha value is -0.860. The van der Waals surface area contributed by atoms with Crippen LogP contribution in [0, 0.1) is 0 Å². The van der Waals surface area contributed by atoms with Crippen LogP contribution >= 0.6 is 0 Å². The maximum Gasteiger partial charge on any atom is 0.220 e. The Bertz CT molecular complexity index is 302. The van der Waals surface area contributed by atoms with E-state index < -0.39 is 0 Å². The van der Waals surface area contributed by atoms with Crippen molar-refractivity contribution in [2.75, 3.05) is 6.54 Å². The summed E-state index contributed by atoms with van der Waals surface area (Å²) < 4.78 is 0. The third-order valence-corrected chi connectivity index (χ3v) is 4.56. The van der Waals surface area contributed by atoms with Gasteiger partial charge in [0.15, 0.2) is 0 Å². The number of carbonyl (C=O) groups excluding carboxylic acids is 2. The summed E-state index contributed by atoms with van der Waals surface area (Å²) in [5, 5.41) is 2.89. The molecule has 0 aliphatic heterocycles. The summed E-state index contributed by atoms with van der Waals surface area (Å²) in [4.78, 5) is 22.2. The lowest BCUT2D eigenvalue weighted by Gasteiger charge is -2.05. The van der Waals surface area contributed by atoms with E-state index in [-0.39, 0.29) is 11.7 Å². The lowest BCUT2D eigenvalue weighted by molar-refractivity contribution is -0.124. The molecule has 0 aliphatic rings. The Morgan fingerprint density at radius 3 is 1.46 bits per heavy atom. The van der Waals surface area contributed by atoms with Crippen LogP contribution in [-0.4, -0.2) is 18.2 Å². The summed E-state index contributed by atoms with van der Waals surface area (Å²) in [6, 6.07) is 0. The van der Waals surface area contributed by atoms with Gasteiger partial charge >= 0.3 is 0 Å². The van der Waals surface area contributed by atoms with E-state index in [2.05, 4.69) is 12.2 Å². The topological polar surface area (TPSA) is 46.2 Å². The number of carbonyl (C=O) groups is 2. The minimum absolute atomic E-state index is 0.0138. The van der Waals surface area contributed by atoms with Crippen LogP contribution in [0.2, 0.25) is 0 Å². The molecular formula is C21H41NO2. The van der Waals surface area contributed by atoms with Gasteiger partial charge in [0.2, 0.25) is 5.91 Å². The summed E-state index contributed by atoms with van der Waals surface area (Å²) in [5.41, 5.74) is 0. The van der Waals surface area contributed by atoms with Crippen molar-refractivity contribution in [2.24, 2.45) is 0 Å². The minimum Gasteiger partial charge on any atom is -0.356 e. The van der Waals surface area contributed by atoms with Crippen LogP contribution in [0.1, 0.15) is 117 Å². The third-order valence-electron chi connectivity index (χ3n) is 4.56. The van der Waals surface area contributed by atoms with Crippen LogP contribution in [0.25, 0.3) is 0 Å². The van der Waals surface area contributed by atoms with Gasteiger partial charge in [-0.3, -0.25) is 4.79 Å². The van der Waals surface area contributed by atoms with Crippen molar-refractivity contribution in [3.05, 3.63) is 0 Å². The molecule has 3 heteroatoms. The van der Waals surface area contributed by atoms with Gasteiger partial charge in [-0.15, -0.1) is 0 Å². The number of ketones is 1. The Morgan fingerprint density at radius 1 is 0.625 bits per heavy atom. The van der Waals surface area contributed by atoms with E-state index in [0.29, 0.717) is 12.8 Å². The molecule has 0 rings (SSSR count). The first kappa shape index (κ1) is 23.1. The molecule has 0 saturated heterocycles. The van der Waals surface area contributed by atoms with Gasteiger partial charge in [0.05, 0.1) is 0 Å². The smallest absolute Gasteiger partial charge is 0.220 e. The molecular weight excluding hydrogens is 298 g/mol. The summed E-state index contributed by atoms with van der Waals surface area (Å²) in [7, 11) is 0. The zero-order chi connectivity index (χ0) is 17.9. The lowest BCUT2D eigenvalue weighted by atomic mass is 10.0. The molecule has 1 amide bonds. The number of Topliss-reactive ketones (excluding diaryl/α,β-unsaturated/α-hetero) is 1. The molecule has 0 radical (unpaired) electrons. The van der Waals surface area contributed by atoms with E-state index in [1.54, 1.807) is 0 Å². The summed E-state index contributed by atoms with van der Waals surface area (Å²) in [5.74, 6) is 0.0986. The number of amides is 1. The van der Waals surface area contributed by atoms with Gasteiger partial charge in [0.1, 0.15) is 5.78 Å². The standard InChI is InChI=1S/C21H41NO2/c1-3-4-5-6-7-8-9-10-11-12-13-14-15-16-19-22-21(24)18-17-20(2)23/h3-19H2,1-2H3,(H,22,24). The van der Waals surface area contributed by atoms with Crippen LogP contribution < -0.4 is 5.32 Å². The van der Waals surface area contributed by atoms with Crippen molar-refractivity contribution in [1.29, 1.82) is 0 Å². The van der Waals surface area contributed by atoms with Crippen LogP contribution in [-0.2, 0) is 9.59 Å². The fraction of sp³-hybridized carbons (Fsp3) is 0.905. The van der Waals surface area contributed by atoms with Gasteiger partial charge < -0.3 is 10.1 Å². The summed E-state index contributed by atoms with van der Waals surface area (Å²) in [6.07, 6.45) is 19.6. The van der Waals surface area contributed by atoms with E-state index >= 15 is 0 Å². The van der Waals surface area contributed by atoms with Gasteiger partial charge in [-0.05, 0) is 13.3 Å². The zero-order valence-electron chi connectivity index (χ0n) is 16.3. The zero-order valence-corrected chi connectivity index (χ0v) is 16.3. The first-order valence-electron chi connectivity index (χ1n) is 10.4. The molecule has 0 bridgehead atoms. The molecule has 0 aromatic heterocycles. The highest BCUT2D eigenvalue weighted by Gasteiger charge is 2.02. The highest BCUT2D eigenvalue weighted by atomic mass is 16.2. The number of unbranched alkanes of at least 4 members (excludes halogenated alkanes) is 13. The number of hydrogen-bond acceptors (Lipinski definition) is 2. The highest BCUT2D eigenvalue weighted by Crippen LogP contribution is 2.12. The molecule has 3 nitrogen and oxygen atoms in total. The summed E-state index contributed by atoms with van der Waals surface area (Å²) >= 11 is 0. The second-order valence-electron chi connectivity index (χ2n) is 7.15. The Kier molecular flexibility index (Phi) is 17.8. The first-order chi connectivity index (χ1) is 11.7. The van der Waals surface area contributed by atoms with Crippen LogP contribution in [0.4, 0.5) is 0 Å². The predicted octanol–water partition coefficient (Wildman–Crippen LogP) is 5.95. The van der Waals surface area contributed by atoms with E-state index in [4.69, 9.17) is 0 Å². The van der Waals surface area contributed by atoms with E-state index in [1.165, 1.54) is 90.4 Å². The van der Waals surface area contributed by atoms with Crippen molar-refractivity contribution >= 4 is 11.7 Å². The molecule has 0 saturated carbocycles. The largest absolute Gasteiger partial charge is 0.356 e. The molecule has 0 aromatic rings. The normalized spacial score (nSPS) is 10.8. The van der Waals surface area contributed by atoms with E-state index in [1.807, 2.05) is 0 Å². The average Bonchev–Trinajstić information content (AvgIpc) is 2.56. The third kappa shape index (κ3) is 19.2. The second kappa shape index (κ2) is 18.5. The molecule has 0 unspecified atom stereocenters. The van der Waals surface area contributed by atoms with Gasteiger partial charge in [0, 0.05) is 19.4 Å². The molecule has 24 heavy (non-hydrogen) atoms. The second-order valence-corrected chi connectivity index (χ2v) is 7.15. The molecule has 0 heterocycles. The Morgan fingerprint density at radius 2 is 1.04 bits per heavy atom. The predicted molar refractivity (Wildman–Crippen MR) is 103 cm³/mol. The van der Waals surface area contributed by atoms with Gasteiger partial charge in [-0.2, -0.15) is 0 Å². The fourth-order valence-electron chi connectivity index (χ4n) is 2.93. The first-order valence-corrected chi connectivity index (χ1v) is 10.4. The van der Waals surface area contributed by atoms with Crippen molar-refractivity contribution in [3.63, 3.8) is 0 Å². The van der Waals surface area contributed by atoms with Gasteiger partial charge in [-0.25, -0.2) is 0 Å². The number of nitrogens with one attached hydrogen (secondary N) is 1. The fourth-order valence-corrected chi connectivity index (χ4v) is 2.93. The molecule has 142 valence electrons. The number of rotatable bonds is 18. The number of hydrogen-bond donors (Lipinski definition) is 1. The van der Waals surface area contributed by atoms with Crippen molar-refractivity contribution in [2.45, 2.75) is 117 Å². The SMILES string of the molecule is CCCCCCCCCCCCCCCCNC(=O)CCC(C)=O. The molecule has 0 aromatic carbocycles. The van der Waals surface area contributed by atoms with E-state index in [9.17, 15) is 9.59 Å². The van der Waals surface area contributed by atoms with Crippen LogP contribution in [0.5, 0.6) is 0 Å². The quantitative estimate of drug-likeness (QED) is 0.313. The van der Waals surface area contributed by atoms with Gasteiger partial charge in [-0.1, -0.05) is 90.4 Å². The monoisotopic (exact) mass is 339 g/mol. The van der Waals surface area contributed by atoms with Gasteiger partial charge in [0.25, 0.3) is 0 Å². The van der Waals surface area contributed by atoms with Crippen molar-refractivity contribution in [1.82, 2.24) is 5.32 Å². The van der Waals surface area contributed by atoms with Crippen LogP contribution in [0.3, 0.4) is 0 Å². The minimum atomic E-state index is 0.0138. The molecule has 0 fully saturated rings. The Balaban J connectivity index is 3.10. The average molecular weight is 340 g/mol. The maximum atomic E-state index is 11.4. The molecule has 0 spiro atoms.